The summed E-state index contributed by atoms with van der Waals surface area (Å²) in [5.41, 5.74) is 0.922. The van der Waals surface area contributed by atoms with E-state index in [1.54, 1.807) is 6.08 Å². The van der Waals surface area contributed by atoms with Gasteiger partial charge >= 0.3 is 0 Å². The van der Waals surface area contributed by atoms with E-state index >= 15 is 0 Å². The van der Waals surface area contributed by atoms with Crippen molar-refractivity contribution in [1.82, 2.24) is 0 Å². The van der Waals surface area contributed by atoms with Crippen LogP contribution >= 0.6 is 0 Å². The van der Waals surface area contributed by atoms with Crippen LogP contribution in [0.4, 0.5) is 0 Å². The summed E-state index contributed by atoms with van der Waals surface area (Å²) in [6.45, 7) is 5.60. The normalized spacial score (nSPS) is 13.4. The summed E-state index contributed by atoms with van der Waals surface area (Å²) >= 11 is 0. The van der Waals surface area contributed by atoms with Gasteiger partial charge in [0.05, 0.1) is 5.75 Å². The maximum absolute atomic E-state index is 10.6. The molecule has 0 aliphatic heterocycles. The Bertz CT molecular complexity index is 468. The highest BCUT2D eigenvalue weighted by atomic mass is 32.2. The fourth-order valence-corrected chi connectivity index (χ4v) is 2.14. The Labute approximate surface area is 96.0 Å². The molecular weight excluding hydrogens is 226 g/mol. The van der Waals surface area contributed by atoms with Crippen LogP contribution in [-0.2, 0) is 10.1 Å². The van der Waals surface area contributed by atoms with Crippen LogP contribution in [0.3, 0.4) is 0 Å². The fraction of sp³-hybridized carbons (Fsp3) is 0.364. The van der Waals surface area contributed by atoms with Gasteiger partial charge in [-0.2, -0.15) is 13.0 Å². The van der Waals surface area contributed by atoms with Gasteiger partial charge in [0.2, 0.25) is 5.69 Å². The third-order valence-electron chi connectivity index (χ3n) is 2.40. The van der Waals surface area contributed by atoms with Gasteiger partial charge in [0, 0.05) is 24.6 Å². The van der Waals surface area contributed by atoms with Crippen molar-refractivity contribution in [3.63, 3.8) is 0 Å². The monoisotopic (exact) mass is 242 g/mol. The molecule has 0 aliphatic rings. The maximum atomic E-state index is 10.6. The van der Waals surface area contributed by atoms with E-state index in [0.29, 0.717) is 6.42 Å². The van der Waals surface area contributed by atoms with Gasteiger partial charge in [0.15, 0.2) is 12.2 Å². The first-order chi connectivity index (χ1) is 7.44. The van der Waals surface area contributed by atoms with E-state index in [0.717, 1.165) is 5.69 Å². The van der Waals surface area contributed by atoms with E-state index in [1.165, 1.54) is 0 Å². The van der Waals surface area contributed by atoms with Gasteiger partial charge in [-0.3, -0.25) is 4.55 Å². The Morgan fingerprint density at radius 2 is 2.25 bits per heavy atom. The lowest BCUT2D eigenvalue weighted by Crippen LogP contribution is -2.41. The molecule has 0 amide bonds. The molecule has 0 bridgehead atoms. The van der Waals surface area contributed by atoms with Crippen molar-refractivity contribution in [3.8, 4) is 0 Å². The number of hydrogen-bond acceptors (Lipinski definition) is 2. The lowest BCUT2D eigenvalue weighted by molar-refractivity contribution is -0.721. The van der Waals surface area contributed by atoms with Crippen LogP contribution < -0.4 is 4.57 Å². The zero-order valence-corrected chi connectivity index (χ0v) is 10.0. The van der Waals surface area contributed by atoms with Crippen molar-refractivity contribution >= 4 is 16.2 Å². The van der Waals surface area contributed by atoms with Crippen molar-refractivity contribution in [2.75, 3.05) is 5.75 Å². The molecule has 0 aromatic carbocycles. The van der Waals surface area contributed by atoms with Gasteiger partial charge in [-0.05, 0) is 13.0 Å². The Balaban J connectivity index is 2.80. The van der Waals surface area contributed by atoms with Crippen molar-refractivity contribution in [2.24, 2.45) is 0 Å². The SMILES string of the molecule is C=Cc1cccc[n+]1[C@@H](C)CCS(=O)(=O)O. The van der Waals surface area contributed by atoms with Crippen molar-refractivity contribution < 1.29 is 17.5 Å². The second kappa shape index (κ2) is 5.23. The molecule has 1 atom stereocenters. The Hall–Kier alpha value is -1.20. The third kappa shape index (κ3) is 3.75. The maximum Gasteiger partial charge on any atom is 0.265 e. The summed E-state index contributed by atoms with van der Waals surface area (Å²) in [5, 5.41) is 0. The van der Waals surface area contributed by atoms with Crippen molar-refractivity contribution in [2.45, 2.75) is 19.4 Å². The van der Waals surface area contributed by atoms with Crippen LogP contribution in [0.1, 0.15) is 25.1 Å². The second-order valence-corrected chi connectivity index (χ2v) is 5.23. The summed E-state index contributed by atoms with van der Waals surface area (Å²) in [7, 11) is -3.89. The van der Waals surface area contributed by atoms with Gasteiger partial charge in [-0.25, -0.2) is 0 Å². The molecule has 0 saturated heterocycles. The van der Waals surface area contributed by atoms with Crippen LogP contribution in [0.15, 0.2) is 31.0 Å². The highest BCUT2D eigenvalue weighted by Gasteiger charge is 2.18. The molecule has 0 aliphatic carbocycles. The molecule has 1 rings (SSSR count). The van der Waals surface area contributed by atoms with Gasteiger partial charge in [0.25, 0.3) is 10.1 Å². The van der Waals surface area contributed by atoms with Crippen LogP contribution in [-0.4, -0.2) is 18.7 Å². The molecule has 4 nitrogen and oxygen atoms in total. The average molecular weight is 242 g/mol. The van der Waals surface area contributed by atoms with E-state index in [4.69, 9.17) is 4.55 Å². The number of aromatic nitrogens is 1. The molecule has 0 saturated carbocycles. The molecule has 0 spiro atoms. The molecule has 5 heteroatoms. The number of hydrogen-bond donors (Lipinski definition) is 1. The highest BCUT2D eigenvalue weighted by Crippen LogP contribution is 2.06. The van der Waals surface area contributed by atoms with E-state index in [9.17, 15) is 8.42 Å². The molecule has 1 aromatic heterocycles. The first-order valence-corrected chi connectivity index (χ1v) is 6.62. The Kier molecular flexibility index (Phi) is 4.20. The molecule has 16 heavy (non-hydrogen) atoms. The molecular formula is C11H16NO3S+. The quantitative estimate of drug-likeness (QED) is 0.628. The van der Waals surface area contributed by atoms with Crippen LogP contribution in [0.2, 0.25) is 0 Å². The number of nitrogens with zero attached hydrogens (tertiary/aromatic N) is 1. The molecule has 1 N–H and O–H groups in total. The number of rotatable bonds is 5. The summed E-state index contributed by atoms with van der Waals surface area (Å²) in [5.74, 6) is -0.230. The molecule has 0 radical (unpaired) electrons. The van der Waals surface area contributed by atoms with Crippen LogP contribution in [0.5, 0.6) is 0 Å². The van der Waals surface area contributed by atoms with Crippen molar-refractivity contribution in [3.05, 3.63) is 36.7 Å². The minimum absolute atomic E-state index is 0.00359. The van der Waals surface area contributed by atoms with Crippen LogP contribution in [0, 0.1) is 0 Å². The minimum Gasteiger partial charge on any atom is -0.286 e. The highest BCUT2D eigenvalue weighted by molar-refractivity contribution is 7.85. The van der Waals surface area contributed by atoms with Gasteiger partial charge in [0.1, 0.15) is 0 Å². The lowest BCUT2D eigenvalue weighted by atomic mass is 10.2. The summed E-state index contributed by atoms with van der Waals surface area (Å²) in [6, 6.07) is 5.66. The fourth-order valence-electron chi connectivity index (χ4n) is 1.50. The minimum atomic E-state index is -3.89. The van der Waals surface area contributed by atoms with Crippen molar-refractivity contribution in [1.29, 1.82) is 0 Å². The van der Waals surface area contributed by atoms with Gasteiger partial charge in [-0.1, -0.05) is 6.58 Å². The lowest BCUT2D eigenvalue weighted by Gasteiger charge is -2.08. The van der Waals surface area contributed by atoms with E-state index in [2.05, 4.69) is 6.58 Å². The second-order valence-electron chi connectivity index (χ2n) is 3.66. The Morgan fingerprint density at radius 3 is 2.81 bits per heavy atom. The van der Waals surface area contributed by atoms with Gasteiger partial charge in [-0.15, -0.1) is 0 Å². The summed E-state index contributed by atoms with van der Waals surface area (Å²) in [6.07, 6.45) is 3.95. The molecule has 1 aromatic rings. The topological polar surface area (TPSA) is 58.2 Å². The standard InChI is InChI=1S/C11H15NO3S/c1-3-11-6-4-5-8-12(11)10(2)7-9-16(13,14)15/h3-6,8,10H,1,7,9H2,2H3/p+1/t10-/m0/s1. The predicted molar refractivity (Wildman–Crippen MR) is 62.5 cm³/mol. The van der Waals surface area contributed by atoms with Crippen LogP contribution in [0.25, 0.3) is 6.08 Å². The van der Waals surface area contributed by atoms with E-state index in [1.807, 2.05) is 35.9 Å². The van der Waals surface area contributed by atoms with E-state index in [-0.39, 0.29) is 11.8 Å². The molecule has 0 fully saturated rings. The molecule has 0 unspecified atom stereocenters. The largest absolute Gasteiger partial charge is 0.286 e. The summed E-state index contributed by atoms with van der Waals surface area (Å²) in [4.78, 5) is 0. The third-order valence-corrected chi connectivity index (χ3v) is 3.15. The zero-order valence-electron chi connectivity index (χ0n) is 9.20. The summed E-state index contributed by atoms with van der Waals surface area (Å²) < 4.78 is 31.9. The number of pyridine rings is 1. The zero-order chi connectivity index (χ0) is 12.2. The predicted octanol–water partition coefficient (Wildman–Crippen LogP) is 1.46. The smallest absolute Gasteiger partial charge is 0.265 e. The van der Waals surface area contributed by atoms with E-state index < -0.39 is 10.1 Å². The first kappa shape index (κ1) is 12.9. The first-order valence-electron chi connectivity index (χ1n) is 5.02. The average Bonchev–Trinajstić information content (AvgIpc) is 2.25. The molecule has 1 heterocycles. The van der Waals surface area contributed by atoms with Gasteiger partial charge < -0.3 is 0 Å². The molecule has 88 valence electrons. The Morgan fingerprint density at radius 1 is 1.56 bits per heavy atom.